The third-order valence-electron chi connectivity index (χ3n) is 3.07. The summed E-state index contributed by atoms with van der Waals surface area (Å²) in [5.74, 6) is -0.0536. The number of anilines is 1. The highest BCUT2D eigenvalue weighted by atomic mass is 35.5. The number of nitrogens with two attached hydrogens (primary N) is 1. The average molecular weight is 310 g/mol. The van der Waals surface area contributed by atoms with Crippen LogP contribution >= 0.6 is 11.6 Å². The van der Waals surface area contributed by atoms with Crippen molar-refractivity contribution in [2.24, 2.45) is 7.05 Å². The largest absolute Gasteiger partial charge is 0.495 e. The number of aromatic nitrogens is 2. The Bertz CT molecular complexity index is 682. The highest BCUT2D eigenvalue weighted by molar-refractivity contribution is 6.31. The Hall–Kier alpha value is -2.21. The maximum absolute atomic E-state index is 12.0. The van der Waals surface area contributed by atoms with Crippen molar-refractivity contribution in [3.8, 4) is 5.75 Å². The van der Waals surface area contributed by atoms with E-state index in [0.717, 1.165) is 0 Å². The third-order valence-corrected chi connectivity index (χ3v) is 3.56. The van der Waals surface area contributed by atoms with Crippen molar-refractivity contribution in [1.29, 1.82) is 0 Å². The number of hydrogen-bond acceptors (Lipinski definition) is 5. The number of nitrogen functional groups attached to an aromatic ring is 1. The van der Waals surface area contributed by atoms with Crippen LogP contribution in [0.3, 0.4) is 0 Å². The molecule has 0 aliphatic carbocycles. The molecule has 2 aromatic rings. The molecule has 112 valence electrons. The lowest BCUT2D eigenvalue weighted by Crippen LogP contribution is -2.09. The number of halogens is 1. The Balaban J connectivity index is 2.12. The van der Waals surface area contributed by atoms with Crippen molar-refractivity contribution in [1.82, 2.24) is 9.78 Å². The fourth-order valence-corrected chi connectivity index (χ4v) is 2.11. The summed E-state index contributed by atoms with van der Waals surface area (Å²) in [5, 5.41) is 4.66. The minimum absolute atomic E-state index is 0.0434. The molecule has 0 atom stereocenters. The second kappa shape index (κ2) is 6.05. The number of carbonyl (C=O) groups excluding carboxylic acids is 1. The van der Waals surface area contributed by atoms with Crippen LogP contribution in [0.15, 0.2) is 18.2 Å². The van der Waals surface area contributed by atoms with E-state index in [-0.39, 0.29) is 6.61 Å². The van der Waals surface area contributed by atoms with Crippen LogP contribution < -0.4 is 10.5 Å². The lowest BCUT2D eigenvalue weighted by Gasteiger charge is -2.08. The summed E-state index contributed by atoms with van der Waals surface area (Å²) < 4.78 is 11.9. The molecule has 0 saturated heterocycles. The van der Waals surface area contributed by atoms with Gasteiger partial charge in [-0.3, -0.25) is 4.68 Å². The summed E-state index contributed by atoms with van der Waals surface area (Å²) in [5.41, 5.74) is 7.85. The third kappa shape index (κ3) is 3.11. The van der Waals surface area contributed by atoms with Gasteiger partial charge in [0.25, 0.3) is 0 Å². The number of carbonyl (C=O) groups is 1. The molecule has 6 nitrogen and oxygen atoms in total. The monoisotopic (exact) mass is 309 g/mol. The maximum Gasteiger partial charge on any atom is 0.338 e. The normalized spacial score (nSPS) is 10.5. The van der Waals surface area contributed by atoms with Gasteiger partial charge in [-0.25, -0.2) is 4.79 Å². The molecule has 2 rings (SSSR count). The van der Waals surface area contributed by atoms with E-state index in [1.807, 2.05) is 0 Å². The molecule has 0 aliphatic heterocycles. The molecule has 21 heavy (non-hydrogen) atoms. The van der Waals surface area contributed by atoms with E-state index in [2.05, 4.69) is 5.10 Å². The van der Waals surface area contributed by atoms with Gasteiger partial charge >= 0.3 is 5.97 Å². The number of hydrogen-bond donors (Lipinski definition) is 1. The molecule has 2 N–H and O–H groups in total. The topological polar surface area (TPSA) is 79.4 Å². The lowest BCUT2D eigenvalue weighted by atomic mass is 10.2. The van der Waals surface area contributed by atoms with Crippen molar-refractivity contribution in [3.05, 3.63) is 40.2 Å². The summed E-state index contributed by atoms with van der Waals surface area (Å²) in [4.78, 5) is 12.0. The summed E-state index contributed by atoms with van der Waals surface area (Å²) >= 11 is 6.10. The fourth-order valence-electron chi connectivity index (χ4n) is 1.89. The molecule has 0 aliphatic rings. The molecule has 0 spiro atoms. The Morgan fingerprint density at radius 1 is 1.48 bits per heavy atom. The second-order valence-electron chi connectivity index (χ2n) is 4.50. The molecule has 0 amide bonds. The number of methoxy groups -OCH3 is 1. The molecule has 1 aromatic carbocycles. The van der Waals surface area contributed by atoms with Crippen LogP contribution in [0.5, 0.6) is 5.75 Å². The predicted molar refractivity (Wildman–Crippen MR) is 79.5 cm³/mol. The van der Waals surface area contributed by atoms with Crippen molar-refractivity contribution in [2.75, 3.05) is 12.8 Å². The minimum atomic E-state index is -0.483. The van der Waals surface area contributed by atoms with Gasteiger partial charge in [-0.15, -0.1) is 0 Å². The second-order valence-corrected chi connectivity index (χ2v) is 4.88. The van der Waals surface area contributed by atoms with Gasteiger partial charge in [0.05, 0.1) is 34.8 Å². The number of rotatable bonds is 4. The molecule has 0 unspecified atom stereocenters. The molecule has 0 fully saturated rings. The van der Waals surface area contributed by atoms with E-state index in [9.17, 15) is 4.79 Å². The first kappa shape index (κ1) is 15.2. The molecule has 0 saturated carbocycles. The number of benzene rings is 1. The Morgan fingerprint density at radius 3 is 2.76 bits per heavy atom. The van der Waals surface area contributed by atoms with Gasteiger partial charge in [0.15, 0.2) is 0 Å². The number of esters is 1. The van der Waals surface area contributed by atoms with Crippen LogP contribution in [0.2, 0.25) is 5.02 Å². The first-order valence-electron chi connectivity index (χ1n) is 6.22. The van der Waals surface area contributed by atoms with Crippen molar-refractivity contribution in [3.63, 3.8) is 0 Å². The standard InChI is InChI=1S/C14H16ClN3O3/c1-8-13(15)11(18(2)17-8)7-21-14(19)9-4-5-10(16)12(6-9)20-3/h4-6H,7,16H2,1-3H3. The zero-order chi connectivity index (χ0) is 15.6. The first-order valence-corrected chi connectivity index (χ1v) is 6.60. The lowest BCUT2D eigenvalue weighted by molar-refractivity contribution is 0.0463. The van der Waals surface area contributed by atoms with Crippen LogP contribution in [0.4, 0.5) is 5.69 Å². The minimum Gasteiger partial charge on any atom is -0.495 e. The summed E-state index contributed by atoms with van der Waals surface area (Å²) in [7, 11) is 3.23. The van der Waals surface area contributed by atoms with E-state index in [4.69, 9.17) is 26.8 Å². The van der Waals surface area contributed by atoms with Crippen LogP contribution in [0, 0.1) is 6.92 Å². The average Bonchev–Trinajstić information content (AvgIpc) is 2.70. The highest BCUT2D eigenvalue weighted by Crippen LogP contribution is 2.24. The smallest absolute Gasteiger partial charge is 0.338 e. The van der Waals surface area contributed by atoms with E-state index >= 15 is 0 Å². The molecule has 0 radical (unpaired) electrons. The molecule has 1 aromatic heterocycles. The Labute approximate surface area is 127 Å². The number of aryl methyl sites for hydroxylation is 2. The highest BCUT2D eigenvalue weighted by Gasteiger charge is 2.15. The Kier molecular flexibility index (Phi) is 4.37. The first-order chi connectivity index (χ1) is 9.93. The van der Waals surface area contributed by atoms with Gasteiger partial charge in [-0.05, 0) is 25.1 Å². The summed E-state index contributed by atoms with van der Waals surface area (Å²) in [6.45, 7) is 1.83. The molecular weight excluding hydrogens is 294 g/mol. The summed E-state index contributed by atoms with van der Waals surface area (Å²) in [6, 6.07) is 4.71. The zero-order valence-electron chi connectivity index (χ0n) is 12.0. The van der Waals surface area contributed by atoms with E-state index < -0.39 is 5.97 Å². The van der Waals surface area contributed by atoms with Gasteiger partial charge in [-0.1, -0.05) is 11.6 Å². The fraction of sp³-hybridized carbons (Fsp3) is 0.286. The van der Waals surface area contributed by atoms with Crippen LogP contribution in [-0.2, 0) is 18.4 Å². The molecule has 1 heterocycles. The molecular formula is C14H16ClN3O3. The van der Waals surface area contributed by atoms with Crippen molar-refractivity contribution in [2.45, 2.75) is 13.5 Å². The van der Waals surface area contributed by atoms with Gasteiger partial charge < -0.3 is 15.2 Å². The van der Waals surface area contributed by atoms with Gasteiger partial charge in [-0.2, -0.15) is 5.10 Å². The van der Waals surface area contributed by atoms with Crippen molar-refractivity contribution >= 4 is 23.3 Å². The Morgan fingerprint density at radius 2 is 2.19 bits per heavy atom. The predicted octanol–water partition coefficient (Wildman–Crippen LogP) is 2.33. The summed E-state index contributed by atoms with van der Waals surface area (Å²) in [6.07, 6.45) is 0. The maximum atomic E-state index is 12.0. The van der Waals surface area contributed by atoms with E-state index in [1.54, 1.807) is 30.8 Å². The van der Waals surface area contributed by atoms with Gasteiger partial charge in [0.1, 0.15) is 12.4 Å². The van der Waals surface area contributed by atoms with E-state index in [0.29, 0.717) is 33.4 Å². The van der Waals surface area contributed by atoms with Gasteiger partial charge in [0.2, 0.25) is 0 Å². The quantitative estimate of drug-likeness (QED) is 0.692. The van der Waals surface area contributed by atoms with E-state index in [1.165, 1.54) is 13.2 Å². The van der Waals surface area contributed by atoms with Crippen LogP contribution in [0.1, 0.15) is 21.7 Å². The molecule has 7 heteroatoms. The number of nitrogens with zero attached hydrogens (tertiary/aromatic N) is 2. The van der Waals surface area contributed by atoms with Crippen molar-refractivity contribution < 1.29 is 14.3 Å². The SMILES string of the molecule is COc1cc(C(=O)OCc2c(Cl)c(C)nn2C)ccc1N. The number of ether oxygens (including phenoxy) is 2. The van der Waals surface area contributed by atoms with Crippen LogP contribution in [-0.4, -0.2) is 22.9 Å². The van der Waals surface area contributed by atoms with Gasteiger partial charge in [0, 0.05) is 7.05 Å². The molecule has 0 bridgehead atoms. The van der Waals surface area contributed by atoms with Crippen LogP contribution in [0.25, 0.3) is 0 Å². The zero-order valence-corrected chi connectivity index (χ0v) is 12.8.